The summed E-state index contributed by atoms with van der Waals surface area (Å²) >= 11 is 0. The SMILES string of the molecule is CC(C)(C)c1[nH]ncc1CN1CCN(Cc2cccnc2)CC1. The standard InChI is InChI=1S/C18H27N5/c1-18(2,3)17-16(12-20-21-17)14-23-9-7-22(8-10-23)13-15-5-4-6-19-11-15/h4-6,11-12H,7-10,13-14H2,1-3H3,(H,20,21). The van der Waals surface area contributed by atoms with Gasteiger partial charge in [0.05, 0.1) is 6.20 Å². The van der Waals surface area contributed by atoms with Gasteiger partial charge in [-0.1, -0.05) is 26.8 Å². The van der Waals surface area contributed by atoms with Crippen LogP contribution in [0.25, 0.3) is 0 Å². The number of nitrogens with one attached hydrogen (secondary N) is 1. The number of pyridine rings is 1. The van der Waals surface area contributed by atoms with E-state index in [0.29, 0.717) is 0 Å². The summed E-state index contributed by atoms with van der Waals surface area (Å²) < 4.78 is 0. The Balaban J connectivity index is 1.53. The number of nitrogens with zero attached hydrogens (tertiary/aromatic N) is 4. The summed E-state index contributed by atoms with van der Waals surface area (Å²) in [4.78, 5) is 9.24. The monoisotopic (exact) mass is 313 g/mol. The fourth-order valence-electron chi connectivity index (χ4n) is 3.18. The molecule has 1 aliphatic heterocycles. The van der Waals surface area contributed by atoms with Gasteiger partial charge in [0.1, 0.15) is 0 Å². The molecule has 0 aliphatic carbocycles. The third-order valence-electron chi connectivity index (χ3n) is 4.46. The summed E-state index contributed by atoms with van der Waals surface area (Å²) in [7, 11) is 0. The van der Waals surface area contributed by atoms with Crippen LogP contribution in [0.2, 0.25) is 0 Å². The lowest BCUT2D eigenvalue weighted by Gasteiger charge is -2.35. The average Bonchev–Trinajstić information content (AvgIpc) is 2.99. The van der Waals surface area contributed by atoms with E-state index in [9.17, 15) is 0 Å². The number of piperazine rings is 1. The molecule has 1 aliphatic rings. The van der Waals surface area contributed by atoms with Crippen molar-refractivity contribution in [3.05, 3.63) is 47.5 Å². The van der Waals surface area contributed by atoms with Crippen LogP contribution in [0, 0.1) is 0 Å². The predicted molar refractivity (Wildman–Crippen MR) is 92.1 cm³/mol. The van der Waals surface area contributed by atoms with Crippen molar-refractivity contribution in [3.63, 3.8) is 0 Å². The van der Waals surface area contributed by atoms with Gasteiger partial charge in [-0.05, 0) is 11.6 Å². The molecule has 0 bridgehead atoms. The minimum atomic E-state index is 0.119. The number of aromatic nitrogens is 3. The first kappa shape index (κ1) is 16.1. The number of aromatic amines is 1. The molecule has 0 amide bonds. The number of rotatable bonds is 4. The molecule has 0 saturated carbocycles. The van der Waals surface area contributed by atoms with Crippen LogP contribution in [-0.2, 0) is 18.5 Å². The largest absolute Gasteiger partial charge is 0.296 e. The highest BCUT2D eigenvalue weighted by atomic mass is 15.3. The smallest absolute Gasteiger partial charge is 0.0535 e. The molecule has 0 unspecified atom stereocenters. The molecule has 1 N–H and O–H groups in total. The van der Waals surface area contributed by atoms with E-state index in [-0.39, 0.29) is 5.41 Å². The van der Waals surface area contributed by atoms with Gasteiger partial charge in [0.2, 0.25) is 0 Å². The first-order chi connectivity index (χ1) is 11.0. The molecule has 0 aromatic carbocycles. The Hall–Kier alpha value is -1.72. The Morgan fingerprint density at radius 3 is 2.35 bits per heavy atom. The lowest BCUT2D eigenvalue weighted by atomic mass is 9.89. The summed E-state index contributed by atoms with van der Waals surface area (Å²) in [6, 6.07) is 4.17. The van der Waals surface area contributed by atoms with E-state index in [1.807, 2.05) is 24.7 Å². The Kier molecular flexibility index (Phi) is 4.78. The lowest BCUT2D eigenvalue weighted by Crippen LogP contribution is -2.45. The van der Waals surface area contributed by atoms with Crippen LogP contribution >= 0.6 is 0 Å². The van der Waals surface area contributed by atoms with Crippen LogP contribution in [0.1, 0.15) is 37.6 Å². The van der Waals surface area contributed by atoms with Crippen molar-refractivity contribution in [3.8, 4) is 0 Å². The molecule has 0 spiro atoms. The number of hydrogen-bond donors (Lipinski definition) is 1. The van der Waals surface area contributed by atoms with Gasteiger partial charge >= 0.3 is 0 Å². The molecule has 124 valence electrons. The van der Waals surface area contributed by atoms with Crippen molar-refractivity contribution in [2.24, 2.45) is 0 Å². The average molecular weight is 313 g/mol. The van der Waals surface area contributed by atoms with Gasteiger partial charge in [-0.2, -0.15) is 5.10 Å². The molecule has 23 heavy (non-hydrogen) atoms. The zero-order valence-corrected chi connectivity index (χ0v) is 14.4. The van der Waals surface area contributed by atoms with Gasteiger partial charge < -0.3 is 0 Å². The van der Waals surface area contributed by atoms with E-state index in [1.54, 1.807) is 0 Å². The third kappa shape index (κ3) is 4.18. The first-order valence-corrected chi connectivity index (χ1v) is 8.39. The Morgan fingerprint density at radius 1 is 1.04 bits per heavy atom. The highest BCUT2D eigenvalue weighted by Gasteiger charge is 2.23. The molecule has 3 rings (SSSR count). The van der Waals surface area contributed by atoms with E-state index in [4.69, 9.17) is 0 Å². The van der Waals surface area contributed by atoms with Gasteiger partial charge in [-0.3, -0.25) is 19.9 Å². The van der Waals surface area contributed by atoms with Crippen LogP contribution in [-0.4, -0.2) is 51.2 Å². The topological polar surface area (TPSA) is 48.1 Å². The predicted octanol–water partition coefficient (Wildman–Crippen LogP) is 2.42. The van der Waals surface area contributed by atoms with E-state index < -0.39 is 0 Å². The molecule has 1 saturated heterocycles. The van der Waals surface area contributed by atoms with Gasteiger partial charge in [-0.15, -0.1) is 0 Å². The van der Waals surface area contributed by atoms with Crippen molar-refractivity contribution in [2.75, 3.05) is 26.2 Å². The second-order valence-electron chi connectivity index (χ2n) is 7.43. The minimum absolute atomic E-state index is 0.119. The molecular formula is C18H27N5. The number of hydrogen-bond acceptors (Lipinski definition) is 4. The molecule has 3 heterocycles. The Morgan fingerprint density at radius 2 is 1.74 bits per heavy atom. The summed E-state index contributed by atoms with van der Waals surface area (Å²) in [5, 5.41) is 7.44. The normalized spacial score (nSPS) is 17.5. The Labute approximate surface area is 138 Å². The summed E-state index contributed by atoms with van der Waals surface area (Å²) in [6.45, 7) is 13.1. The quantitative estimate of drug-likeness (QED) is 0.942. The molecule has 2 aromatic heterocycles. The molecule has 5 nitrogen and oxygen atoms in total. The minimum Gasteiger partial charge on any atom is -0.296 e. The van der Waals surface area contributed by atoms with E-state index in [0.717, 1.165) is 39.3 Å². The van der Waals surface area contributed by atoms with Gasteiger partial charge in [-0.25, -0.2) is 0 Å². The first-order valence-electron chi connectivity index (χ1n) is 8.39. The third-order valence-corrected chi connectivity index (χ3v) is 4.46. The highest BCUT2D eigenvalue weighted by molar-refractivity contribution is 5.23. The van der Waals surface area contributed by atoms with E-state index in [1.165, 1.54) is 16.8 Å². The molecule has 0 atom stereocenters. The molecule has 1 fully saturated rings. The lowest BCUT2D eigenvalue weighted by molar-refractivity contribution is 0.121. The van der Waals surface area contributed by atoms with Crippen LogP contribution in [0.4, 0.5) is 0 Å². The van der Waals surface area contributed by atoms with E-state index in [2.05, 4.69) is 51.8 Å². The second-order valence-corrected chi connectivity index (χ2v) is 7.43. The van der Waals surface area contributed by atoms with Crippen molar-refractivity contribution in [1.82, 2.24) is 25.0 Å². The maximum atomic E-state index is 4.26. The molecule has 2 aromatic rings. The van der Waals surface area contributed by atoms with Crippen LogP contribution < -0.4 is 0 Å². The van der Waals surface area contributed by atoms with Crippen molar-refractivity contribution >= 4 is 0 Å². The molecule has 5 heteroatoms. The molecule has 0 radical (unpaired) electrons. The second kappa shape index (κ2) is 6.81. The van der Waals surface area contributed by atoms with Crippen molar-refractivity contribution in [2.45, 2.75) is 39.3 Å². The zero-order valence-electron chi connectivity index (χ0n) is 14.4. The summed E-state index contributed by atoms with van der Waals surface area (Å²) in [6.07, 6.45) is 5.79. The van der Waals surface area contributed by atoms with Crippen LogP contribution in [0.5, 0.6) is 0 Å². The van der Waals surface area contributed by atoms with Gasteiger partial charge in [0.25, 0.3) is 0 Å². The van der Waals surface area contributed by atoms with Crippen LogP contribution in [0.3, 0.4) is 0 Å². The Bertz CT molecular complexity index is 606. The fraction of sp³-hybridized carbons (Fsp3) is 0.556. The molecular weight excluding hydrogens is 286 g/mol. The zero-order chi connectivity index (χ0) is 16.3. The van der Waals surface area contributed by atoms with E-state index >= 15 is 0 Å². The van der Waals surface area contributed by atoms with Gasteiger partial charge in [0, 0.05) is 68.3 Å². The maximum absolute atomic E-state index is 4.26. The summed E-state index contributed by atoms with van der Waals surface area (Å²) in [5.41, 5.74) is 4.01. The van der Waals surface area contributed by atoms with Crippen LogP contribution in [0.15, 0.2) is 30.7 Å². The van der Waals surface area contributed by atoms with Crippen molar-refractivity contribution < 1.29 is 0 Å². The number of H-pyrrole nitrogens is 1. The highest BCUT2D eigenvalue weighted by Crippen LogP contribution is 2.24. The summed E-state index contributed by atoms with van der Waals surface area (Å²) in [5.74, 6) is 0. The fourth-order valence-corrected chi connectivity index (χ4v) is 3.18. The van der Waals surface area contributed by atoms with Crippen molar-refractivity contribution in [1.29, 1.82) is 0 Å². The van der Waals surface area contributed by atoms with Gasteiger partial charge in [0.15, 0.2) is 0 Å². The maximum Gasteiger partial charge on any atom is 0.0535 e.